The second-order valence-corrected chi connectivity index (χ2v) is 5.09. The summed E-state index contributed by atoms with van der Waals surface area (Å²) in [4.78, 5) is 15.4. The highest BCUT2D eigenvalue weighted by atomic mass is 16.5. The molecule has 0 aliphatic rings. The second-order valence-electron chi connectivity index (χ2n) is 5.09. The Balaban J connectivity index is 1.73. The van der Waals surface area contributed by atoms with Crippen molar-refractivity contribution in [1.29, 1.82) is 0 Å². The molecule has 23 heavy (non-hydrogen) atoms. The number of aromatic nitrogens is 1. The van der Waals surface area contributed by atoms with E-state index in [4.69, 9.17) is 4.74 Å². The van der Waals surface area contributed by atoms with Gasteiger partial charge >= 0.3 is 0 Å². The summed E-state index contributed by atoms with van der Waals surface area (Å²) in [5, 5.41) is 0. The van der Waals surface area contributed by atoms with Gasteiger partial charge in [0, 0.05) is 11.9 Å². The maximum atomic E-state index is 12.4. The zero-order valence-corrected chi connectivity index (χ0v) is 12.6. The Bertz CT molecular complexity index is 790. The number of hydrogen-bond acceptors (Lipinski definition) is 2. The maximum Gasteiger partial charge on any atom is 0.189 e. The molecule has 1 aromatic heterocycles. The molecule has 0 aliphatic heterocycles. The van der Waals surface area contributed by atoms with Gasteiger partial charge in [-0.05, 0) is 42.0 Å². The Morgan fingerprint density at radius 3 is 2.52 bits per heavy atom. The van der Waals surface area contributed by atoms with E-state index in [0.29, 0.717) is 17.9 Å². The molecule has 1 heterocycles. The van der Waals surface area contributed by atoms with E-state index < -0.39 is 0 Å². The number of ketones is 1. The molecule has 0 aliphatic carbocycles. The van der Waals surface area contributed by atoms with E-state index in [-0.39, 0.29) is 5.78 Å². The average molecular weight is 303 g/mol. The number of allylic oxidation sites excluding steroid dienone is 1. The lowest BCUT2D eigenvalue weighted by atomic mass is 10.1. The highest BCUT2D eigenvalue weighted by molar-refractivity contribution is 6.08. The first-order chi connectivity index (χ1) is 11.3. The summed E-state index contributed by atoms with van der Waals surface area (Å²) in [6.45, 7) is 0.436. The molecule has 0 atom stereocenters. The fraction of sp³-hybridized carbons (Fsp3) is 0.0500. The highest BCUT2D eigenvalue weighted by Gasteiger charge is 2.09. The standard InChI is InChI=1S/C20H17NO2/c22-19(13-12-17-9-6-14-21-17)18-10-4-5-11-20(18)23-15-16-7-2-1-3-8-16/h1-14,21H,15H2. The molecular formula is C20H17NO2. The van der Waals surface area contributed by atoms with Gasteiger partial charge in [-0.25, -0.2) is 0 Å². The number of rotatable bonds is 6. The van der Waals surface area contributed by atoms with E-state index in [1.54, 1.807) is 18.2 Å². The predicted molar refractivity (Wildman–Crippen MR) is 91.4 cm³/mol. The fourth-order valence-electron chi connectivity index (χ4n) is 2.23. The van der Waals surface area contributed by atoms with E-state index >= 15 is 0 Å². The lowest BCUT2D eigenvalue weighted by Gasteiger charge is -2.09. The lowest BCUT2D eigenvalue weighted by Crippen LogP contribution is -2.02. The smallest absolute Gasteiger partial charge is 0.189 e. The number of carbonyl (C=O) groups excluding carboxylic acids is 1. The summed E-state index contributed by atoms with van der Waals surface area (Å²) < 4.78 is 5.82. The number of para-hydroxylation sites is 1. The van der Waals surface area contributed by atoms with Gasteiger partial charge in [-0.15, -0.1) is 0 Å². The molecule has 0 saturated heterocycles. The molecule has 3 nitrogen and oxygen atoms in total. The predicted octanol–water partition coefficient (Wildman–Crippen LogP) is 4.49. The van der Waals surface area contributed by atoms with Gasteiger partial charge in [-0.2, -0.15) is 0 Å². The van der Waals surface area contributed by atoms with Crippen molar-refractivity contribution in [3.05, 3.63) is 95.8 Å². The fourth-order valence-corrected chi connectivity index (χ4v) is 2.23. The number of aromatic amines is 1. The van der Waals surface area contributed by atoms with Crippen molar-refractivity contribution < 1.29 is 9.53 Å². The van der Waals surface area contributed by atoms with Crippen molar-refractivity contribution in [1.82, 2.24) is 4.98 Å². The molecule has 3 heteroatoms. The van der Waals surface area contributed by atoms with Crippen LogP contribution < -0.4 is 4.74 Å². The van der Waals surface area contributed by atoms with E-state index in [2.05, 4.69) is 4.98 Å². The van der Waals surface area contributed by atoms with Crippen LogP contribution in [0.1, 0.15) is 21.6 Å². The monoisotopic (exact) mass is 303 g/mol. The van der Waals surface area contributed by atoms with Crippen LogP contribution in [0.15, 0.2) is 79.0 Å². The topological polar surface area (TPSA) is 42.1 Å². The van der Waals surface area contributed by atoms with Crippen molar-refractivity contribution in [3.8, 4) is 5.75 Å². The van der Waals surface area contributed by atoms with Crippen LogP contribution in [0.4, 0.5) is 0 Å². The molecule has 3 rings (SSSR count). The summed E-state index contributed by atoms with van der Waals surface area (Å²) in [7, 11) is 0. The van der Waals surface area contributed by atoms with Crippen LogP contribution in [0, 0.1) is 0 Å². The van der Waals surface area contributed by atoms with E-state index in [1.165, 1.54) is 0 Å². The van der Waals surface area contributed by atoms with Crippen molar-refractivity contribution in [3.63, 3.8) is 0 Å². The Kier molecular flexibility index (Phi) is 4.69. The molecule has 0 amide bonds. The third kappa shape index (κ3) is 3.98. The van der Waals surface area contributed by atoms with Crippen LogP contribution in [0.3, 0.4) is 0 Å². The Labute approximate surface area is 135 Å². The highest BCUT2D eigenvalue weighted by Crippen LogP contribution is 2.20. The van der Waals surface area contributed by atoms with Crippen LogP contribution in [0.2, 0.25) is 0 Å². The minimum atomic E-state index is -0.0803. The summed E-state index contributed by atoms with van der Waals surface area (Å²) in [5.41, 5.74) is 2.52. The van der Waals surface area contributed by atoms with Gasteiger partial charge in [0.05, 0.1) is 5.56 Å². The quantitative estimate of drug-likeness (QED) is 0.538. The average Bonchev–Trinajstić information content (AvgIpc) is 3.12. The summed E-state index contributed by atoms with van der Waals surface area (Å²) in [6, 6.07) is 21.0. The molecule has 0 bridgehead atoms. The summed E-state index contributed by atoms with van der Waals surface area (Å²) in [5.74, 6) is 0.515. The van der Waals surface area contributed by atoms with Crippen molar-refractivity contribution in [2.45, 2.75) is 6.61 Å². The number of hydrogen-bond donors (Lipinski definition) is 1. The second kappa shape index (κ2) is 7.27. The normalized spacial score (nSPS) is 10.8. The molecule has 3 aromatic rings. The van der Waals surface area contributed by atoms with Crippen molar-refractivity contribution in [2.24, 2.45) is 0 Å². The first kappa shape index (κ1) is 14.9. The van der Waals surface area contributed by atoms with Crippen LogP contribution in [0.5, 0.6) is 5.75 Å². The summed E-state index contributed by atoms with van der Waals surface area (Å²) in [6.07, 6.45) is 5.13. The van der Waals surface area contributed by atoms with Crippen LogP contribution in [-0.4, -0.2) is 10.8 Å². The van der Waals surface area contributed by atoms with Gasteiger partial charge in [0.25, 0.3) is 0 Å². The van der Waals surface area contributed by atoms with Gasteiger partial charge in [0.2, 0.25) is 0 Å². The molecule has 114 valence electrons. The molecule has 0 saturated carbocycles. The molecule has 0 unspecified atom stereocenters. The number of benzene rings is 2. The minimum absolute atomic E-state index is 0.0803. The minimum Gasteiger partial charge on any atom is -0.488 e. The molecule has 2 aromatic carbocycles. The Morgan fingerprint density at radius 1 is 0.957 bits per heavy atom. The van der Waals surface area contributed by atoms with E-state index in [9.17, 15) is 4.79 Å². The van der Waals surface area contributed by atoms with Crippen molar-refractivity contribution >= 4 is 11.9 Å². The molecule has 1 N–H and O–H groups in total. The maximum absolute atomic E-state index is 12.4. The SMILES string of the molecule is O=C(C=Cc1ccc[nH]1)c1ccccc1OCc1ccccc1. The van der Waals surface area contributed by atoms with Gasteiger partial charge in [-0.1, -0.05) is 42.5 Å². The molecule has 0 spiro atoms. The van der Waals surface area contributed by atoms with Gasteiger partial charge in [0.1, 0.15) is 12.4 Å². The van der Waals surface area contributed by atoms with E-state index in [1.807, 2.05) is 66.9 Å². The van der Waals surface area contributed by atoms with Gasteiger partial charge < -0.3 is 9.72 Å². The number of nitrogens with one attached hydrogen (secondary N) is 1. The molecular weight excluding hydrogens is 286 g/mol. The lowest BCUT2D eigenvalue weighted by molar-refractivity contribution is 0.104. The first-order valence-electron chi connectivity index (χ1n) is 7.44. The van der Waals surface area contributed by atoms with Gasteiger partial charge in [-0.3, -0.25) is 4.79 Å². The zero-order chi connectivity index (χ0) is 15.9. The van der Waals surface area contributed by atoms with Crippen molar-refractivity contribution in [2.75, 3.05) is 0 Å². The number of H-pyrrole nitrogens is 1. The third-order valence-corrected chi connectivity index (χ3v) is 3.43. The first-order valence-corrected chi connectivity index (χ1v) is 7.44. The number of carbonyl (C=O) groups is 1. The van der Waals surface area contributed by atoms with E-state index in [0.717, 1.165) is 11.3 Å². The Hall–Kier alpha value is -3.07. The van der Waals surface area contributed by atoms with Crippen LogP contribution >= 0.6 is 0 Å². The Morgan fingerprint density at radius 2 is 1.74 bits per heavy atom. The van der Waals surface area contributed by atoms with Crippen LogP contribution in [-0.2, 0) is 6.61 Å². The third-order valence-electron chi connectivity index (χ3n) is 3.43. The largest absolute Gasteiger partial charge is 0.488 e. The molecule has 0 fully saturated rings. The van der Waals surface area contributed by atoms with Crippen LogP contribution in [0.25, 0.3) is 6.08 Å². The zero-order valence-electron chi connectivity index (χ0n) is 12.6. The van der Waals surface area contributed by atoms with Gasteiger partial charge in [0.15, 0.2) is 5.78 Å². The summed E-state index contributed by atoms with van der Waals surface area (Å²) >= 11 is 0. The number of ether oxygens (including phenoxy) is 1. The molecule has 0 radical (unpaired) electrons.